The number of methoxy groups -OCH3 is 2. The van der Waals surface area contributed by atoms with Crippen molar-refractivity contribution in [2.75, 3.05) is 14.2 Å². The van der Waals surface area contributed by atoms with Gasteiger partial charge in [-0.2, -0.15) is 0 Å². The van der Waals surface area contributed by atoms with Gasteiger partial charge in [0.05, 0.1) is 31.0 Å². The van der Waals surface area contributed by atoms with Crippen molar-refractivity contribution in [3.05, 3.63) is 64.8 Å². The lowest BCUT2D eigenvalue weighted by Gasteiger charge is -2.26. The maximum atomic E-state index is 12.1. The van der Waals surface area contributed by atoms with Crippen molar-refractivity contribution in [2.24, 2.45) is 5.92 Å². The zero-order valence-corrected chi connectivity index (χ0v) is 16.7. The second-order valence-electron chi connectivity index (χ2n) is 7.43. The Labute approximate surface area is 169 Å². The van der Waals surface area contributed by atoms with Gasteiger partial charge in [0.25, 0.3) is 0 Å². The maximum absolute atomic E-state index is 12.1. The number of hydrogen-bond acceptors (Lipinski definition) is 4. The second kappa shape index (κ2) is 7.59. The van der Waals surface area contributed by atoms with Crippen LogP contribution in [0.25, 0.3) is 22.6 Å². The number of benzene rings is 2. The molecule has 1 aromatic heterocycles. The van der Waals surface area contributed by atoms with Gasteiger partial charge in [0.1, 0.15) is 11.5 Å². The van der Waals surface area contributed by atoms with Crippen LogP contribution in [-0.2, 0) is 6.42 Å². The van der Waals surface area contributed by atoms with Crippen LogP contribution in [0.15, 0.2) is 42.5 Å². The van der Waals surface area contributed by atoms with E-state index in [1.807, 2.05) is 42.5 Å². The minimum absolute atomic E-state index is 0.319. The van der Waals surface area contributed by atoms with Crippen LogP contribution in [-0.4, -0.2) is 30.3 Å². The van der Waals surface area contributed by atoms with Gasteiger partial charge in [-0.15, -0.1) is 0 Å². The molecule has 0 amide bonds. The molecule has 5 heteroatoms. The zero-order chi connectivity index (χ0) is 20.5. The van der Waals surface area contributed by atoms with E-state index in [1.165, 1.54) is 0 Å². The predicted octanol–water partition coefficient (Wildman–Crippen LogP) is 5.07. The van der Waals surface area contributed by atoms with Crippen LogP contribution < -0.4 is 9.47 Å². The van der Waals surface area contributed by atoms with E-state index in [0.717, 1.165) is 34.6 Å². The summed E-state index contributed by atoms with van der Waals surface area (Å²) in [6, 6.07) is 13.1. The van der Waals surface area contributed by atoms with Crippen LogP contribution in [0.1, 0.15) is 40.5 Å². The number of fused-ring (bicyclic) bond motifs is 2. The fourth-order valence-corrected chi connectivity index (χ4v) is 4.11. The van der Waals surface area contributed by atoms with Crippen molar-refractivity contribution in [1.82, 2.24) is 4.98 Å². The van der Waals surface area contributed by atoms with Crippen LogP contribution in [0.3, 0.4) is 0 Å². The van der Waals surface area contributed by atoms with Crippen molar-refractivity contribution in [3.63, 3.8) is 0 Å². The molecule has 0 radical (unpaired) electrons. The Kier molecular flexibility index (Phi) is 4.97. The number of aromatic carboxylic acids is 1. The molecule has 0 saturated carbocycles. The molecular weight excluding hydrogens is 366 g/mol. The first-order valence-corrected chi connectivity index (χ1v) is 9.59. The predicted molar refractivity (Wildman–Crippen MR) is 114 cm³/mol. The number of carboxylic acid groups (broad SMARTS) is 1. The minimum atomic E-state index is -0.907. The fourth-order valence-electron chi connectivity index (χ4n) is 4.11. The summed E-state index contributed by atoms with van der Waals surface area (Å²) in [6.45, 7) is 2.14. The van der Waals surface area contributed by atoms with Crippen LogP contribution >= 0.6 is 0 Å². The van der Waals surface area contributed by atoms with E-state index >= 15 is 0 Å². The number of hydrogen-bond donors (Lipinski definition) is 1. The molecule has 0 aliphatic heterocycles. The molecule has 1 aliphatic carbocycles. The minimum Gasteiger partial charge on any atom is -0.497 e. The molecule has 148 valence electrons. The Hall–Kier alpha value is -3.34. The Morgan fingerprint density at radius 3 is 2.66 bits per heavy atom. The molecule has 0 fully saturated rings. The molecule has 1 unspecified atom stereocenters. The number of ether oxygens (including phenoxy) is 2. The largest absolute Gasteiger partial charge is 0.497 e. The summed E-state index contributed by atoms with van der Waals surface area (Å²) >= 11 is 0. The van der Waals surface area contributed by atoms with Crippen LogP contribution in [0, 0.1) is 5.92 Å². The number of para-hydroxylation sites is 1. The van der Waals surface area contributed by atoms with E-state index < -0.39 is 5.97 Å². The second-order valence-corrected chi connectivity index (χ2v) is 7.43. The van der Waals surface area contributed by atoms with Gasteiger partial charge in [0, 0.05) is 17.0 Å². The Morgan fingerprint density at radius 2 is 1.93 bits per heavy atom. The third kappa shape index (κ3) is 3.44. The van der Waals surface area contributed by atoms with Gasteiger partial charge in [0.2, 0.25) is 0 Å². The van der Waals surface area contributed by atoms with Crippen molar-refractivity contribution in [1.29, 1.82) is 0 Å². The van der Waals surface area contributed by atoms with Crippen molar-refractivity contribution in [2.45, 2.75) is 19.8 Å². The fraction of sp³-hybridized carbons (Fsp3) is 0.250. The van der Waals surface area contributed by atoms with Crippen LogP contribution in [0.4, 0.5) is 0 Å². The number of carbonyl (C=O) groups is 1. The van der Waals surface area contributed by atoms with E-state index in [1.54, 1.807) is 14.2 Å². The van der Waals surface area contributed by atoms with Crippen LogP contribution in [0.2, 0.25) is 0 Å². The third-order valence-corrected chi connectivity index (χ3v) is 5.40. The van der Waals surface area contributed by atoms with Gasteiger partial charge in [-0.25, -0.2) is 9.78 Å². The Morgan fingerprint density at radius 1 is 1.14 bits per heavy atom. The number of rotatable bonds is 4. The lowest BCUT2D eigenvalue weighted by atomic mass is 9.80. The smallest absolute Gasteiger partial charge is 0.336 e. The quantitative estimate of drug-likeness (QED) is 0.674. The van der Waals surface area contributed by atoms with E-state index in [9.17, 15) is 9.90 Å². The molecule has 29 heavy (non-hydrogen) atoms. The highest BCUT2D eigenvalue weighted by atomic mass is 16.5. The molecule has 5 nitrogen and oxygen atoms in total. The van der Waals surface area contributed by atoms with Gasteiger partial charge < -0.3 is 14.6 Å². The van der Waals surface area contributed by atoms with Crippen molar-refractivity contribution < 1.29 is 19.4 Å². The molecule has 0 bridgehead atoms. The Bertz CT molecular complexity index is 1130. The summed E-state index contributed by atoms with van der Waals surface area (Å²) in [5.74, 6) is 0.837. The first-order chi connectivity index (χ1) is 14.0. The molecule has 1 aliphatic rings. The maximum Gasteiger partial charge on any atom is 0.336 e. The first kappa shape index (κ1) is 19.0. The molecule has 1 heterocycles. The summed E-state index contributed by atoms with van der Waals surface area (Å²) in [5, 5.41) is 10.6. The summed E-state index contributed by atoms with van der Waals surface area (Å²) in [4.78, 5) is 17.0. The first-order valence-electron chi connectivity index (χ1n) is 9.59. The van der Waals surface area contributed by atoms with Crippen molar-refractivity contribution in [3.8, 4) is 11.5 Å². The van der Waals surface area contributed by atoms with E-state index in [0.29, 0.717) is 34.6 Å². The van der Waals surface area contributed by atoms with Gasteiger partial charge >= 0.3 is 5.97 Å². The highest BCUT2D eigenvalue weighted by molar-refractivity contribution is 6.06. The standard InChI is InChI=1S/C24H23NO4/c1-14-10-16(12-15-8-9-17(28-2)13-21(15)29-3)23-19(11-14)22(24(26)27)18-6-4-5-7-20(18)25-23/h4-9,12-14H,10-11H2,1-3H3,(H,26,27)/b16-12-. The average molecular weight is 389 g/mol. The highest BCUT2D eigenvalue weighted by Crippen LogP contribution is 2.39. The summed E-state index contributed by atoms with van der Waals surface area (Å²) < 4.78 is 10.8. The third-order valence-electron chi connectivity index (χ3n) is 5.40. The van der Waals surface area contributed by atoms with E-state index in [-0.39, 0.29) is 0 Å². The highest BCUT2D eigenvalue weighted by Gasteiger charge is 2.28. The molecule has 1 atom stereocenters. The van der Waals surface area contributed by atoms with E-state index in [2.05, 4.69) is 13.0 Å². The number of allylic oxidation sites excluding steroid dienone is 1. The molecule has 1 N–H and O–H groups in total. The SMILES string of the molecule is COc1ccc(/C=C2/CC(C)Cc3c2nc2ccccc2c3C(=O)O)c(OC)c1. The lowest BCUT2D eigenvalue weighted by molar-refractivity contribution is 0.0697. The van der Waals surface area contributed by atoms with Crippen molar-refractivity contribution >= 4 is 28.5 Å². The molecule has 4 rings (SSSR count). The normalized spacial score (nSPS) is 17.2. The monoisotopic (exact) mass is 389 g/mol. The van der Waals surface area contributed by atoms with Gasteiger partial charge in [-0.1, -0.05) is 25.1 Å². The topological polar surface area (TPSA) is 68.7 Å². The molecule has 0 spiro atoms. The van der Waals surface area contributed by atoms with Gasteiger partial charge in [0.15, 0.2) is 0 Å². The number of aromatic nitrogens is 1. The van der Waals surface area contributed by atoms with Crippen LogP contribution in [0.5, 0.6) is 11.5 Å². The number of carboxylic acids is 1. The summed E-state index contributed by atoms with van der Waals surface area (Å²) in [6.07, 6.45) is 3.58. The number of pyridine rings is 1. The molecule has 3 aromatic rings. The molecular formula is C24H23NO4. The zero-order valence-electron chi connectivity index (χ0n) is 16.7. The van der Waals surface area contributed by atoms with E-state index in [4.69, 9.17) is 14.5 Å². The number of nitrogens with zero attached hydrogens (tertiary/aromatic N) is 1. The summed E-state index contributed by atoms with van der Waals surface area (Å²) in [7, 11) is 3.25. The lowest BCUT2D eigenvalue weighted by Crippen LogP contribution is -2.17. The van der Waals surface area contributed by atoms with Gasteiger partial charge in [-0.3, -0.25) is 0 Å². The molecule has 0 saturated heterocycles. The summed E-state index contributed by atoms with van der Waals surface area (Å²) in [5.41, 5.74) is 4.59. The molecule has 2 aromatic carbocycles. The average Bonchev–Trinajstić information content (AvgIpc) is 2.72. The van der Waals surface area contributed by atoms with Gasteiger partial charge in [-0.05, 0) is 54.2 Å². The Balaban J connectivity index is 1.95.